The first-order valence-electron chi connectivity index (χ1n) is 4.62. The number of hydrogen-bond donors (Lipinski definition) is 1. The van der Waals surface area contributed by atoms with Crippen molar-refractivity contribution in [2.24, 2.45) is 4.99 Å². The van der Waals surface area contributed by atoms with Crippen LogP contribution in [0.25, 0.3) is 0 Å². The molecule has 3 heteroatoms. The number of nitrogens with zero attached hydrogens (tertiary/aromatic N) is 1. The maximum absolute atomic E-state index is 5.31. The van der Waals surface area contributed by atoms with Crippen LogP contribution in [0.5, 0.6) is 0 Å². The maximum Gasteiger partial charge on any atom is 0.0880 e. The highest BCUT2D eigenvalue weighted by Crippen LogP contribution is 2.03. The third-order valence-electron chi connectivity index (χ3n) is 1.59. The molecule has 1 N–H and O–H groups in total. The molecule has 3 nitrogen and oxygen atoms in total. The molecule has 0 fully saturated rings. The van der Waals surface area contributed by atoms with E-state index in [1.54, 1.807) is 0 Å². The highest BCUT2D eigenvalue weighted by Gasteiger charge is 2.02. The topological polar surface area (TPSA) is 33.6 Å². The van der Waals surface area contributed by atoms with Gasteiger partial charge in [0.1, 0.15) is 0 Å². The molecule has 0 rings (SSSR count). The second kappa shape index (κ2) is 6.66. The second-order valence-electron chi connectivity index (χ2n) is 3.16. The monoisotopic (exact) mass is 184 g/mol. The van der Waals surface area contributed by atoms with Gasteiger partial charge >= 0.3 is 0 Å². The Bertz CT molecular complexity index is 185. The molecule has 0 unspecified atom stereocenters. The van der Waals surface area contributed by atoms with Crippen LogP contribution >= 0.6 is 0 Å². The van der Waals surface area contributed by atoms with Crippen LogP contribution in [0.4, 0.5) is 0 Å². The summed E-state index contributed by atoms with van der Waals surface area (Å²) in [5.74, 6) is 0. The van der Waals surface area contributed by atoms with E-state index >= 15 is 0 Å². The first-order chi connectivity index (χ1) is 6.11. The lowest BCUT2D eigenvalue weighted by Crippen LogP contribution is -2.25. The standard InChI is InChI=1S/C10H20N2O/c1-6-13-7-10(9(4)11-5)12-8(2)3/h8,12H,5-7H2,1-4H3/b10-9-. The number of allylic oxidation sites excluding steroid dienone is 1. The molecule has 0 atom stereocenters. The van der Waals surface area contributed by atoms with Gasteiger partial charge in [-0.2, -0.15) is 0 Å². The van der Waals surface area contributed by atoms with Gasteiger partial charge in [-0.15, -0.1) is 0 Å². The zero-order valence-corrected chi connectivity index (χ0v) is 9.05. The van der Waals surface area contributed by atoms with Crippen molar-refractivity contribution < 1.29 is 4.74 Å². The average molecular weight is 184 g/mol. The lowest BCUT2D eigenvalue weighted by Gasteiger charge is -2.15. The molecule has 0 saturated carbocycles. The van der Waals surface area contributed by atoms with Gasteiger partial charge in [0.25, 0.3) is 0 Å². The van der Waals surface area contributed by atoms with E-state index < -0.39 is 0 Å². The van der Waals surface area contributed by atoms with Crippen molar-refractivity contribution in [1.29, 1.82) is 0 Å². The minimum atomic E-state index is 0.396. The van der Waals surface area contributed by atoms with Gasteiger partial charge in [-0.05, 0) is 34.4 Å². The van der Waals surface area contributed by atoms with Crippen LogP contribution in [-0.2, 0) is 4.74 Å². The second-order valence-corrected chi connectivity index (χ2v) is 3.16. The van der Waals surface area contributed by atoms with Gasteiger partial charge < -0.3 is 10.1 Å². The molecule has 0 aromatic carbocycles. The van der Waals surface area contributed by atoms with Gasteiger partial charge in [-0.25, -0.2) is 0 Å². The quantitative estimate of drug-likeness (QED) is 0.640. The summed E-state index contributed by atoms with van der Waals surface area (Å²) in [4.78, 5) is 3.88. The number of hydrogen-bond acceptors (Lipinski definition) is 3. The summed E-state index contributed by atoms with van der Waals surface area (Å²) in [6, 6.07) is 0.396. The van der Waals surface area contributed by atoms with E-state index in [-0.39, 0.29) is 0 Å². The van der Waals surface area contributed by atoms with Crippen LogP contribution in [-0.4, -0.2) is 26.0 Å². The predicted molar refractivity (Wildman–Crippen MR) is 57.0 cm³/mol. The number of aliphatic imine (C=N–C) groups is 1. The Balaban J connectivity index is 4.27. The largest absolute Gasteiger partial charge is 0.383 e. The Hall–Kier alpha value is -0.830. The molecule has 0 aliphatic rings. The molecule has 0 bridgehead atoms. The third kappa shape index (κ3) is 5.42. The summed E-state index contributed by atoms with van der Waals surface area (Å²) in [5.41, 5.74) is 1.93. The highest BCUT2D eigenvalue weighted by atomic mass is 16.5. The van der Waals surface area contributed by atoms with Crippen LogP contribution < -0.4 is 5.32 Å². The molecule has 0 heterocycles. The van der Waals surface area contributed by atoms with Crippen molar-refractivity contribution >= 4 is 6.72 Å². The summed E-state index contributed by atoms with van der Waals surface area (Å²) in [6.45, 7) is 12.9. The molecule has 0 aliphatic heterocycles. The number of rotatable bonds is 6. The lowest BCUT2D eigenvalue weighted by molar-refractivity contribution is 0.164. The Morgan fingerprint density at radius 1 is 1.54 bits per heavy atom. The molecule has 0 amide bonds. The maximum atomic E-state index is 5.31. The molecular weight excluding hydrogens is 164 g/mol. The first-order valence-corrected chi connectivity index (χ1v) is 4.62. The Kier molecular flexibility index (Phi) is 6.24. The normalized spacial score (nSPS) is 12.7. The first kappa shape index (κ1) is 12.2. The SMILES string of the molecule is C=N/C(C)=C(/COCC)NC(C)C. The minimum Gasteiger partial charge on any atom is -0.383 e. The van der Waals surface area contributed by atoms with Crippen molar-refractivity contribution in [3.05, 3.63) is 11.4 Å². The van der Waals surface area contributed by atoms with Crippen molar-refractivity contribution in [1.82, 2.24) is 5.32 Å². The van der Waals surface area contributed by atoms with Crippen LogP contribution in [0.2, 0.25) is 0 Å². The zero-order valence-electron chi connectivity index (χ0n) is 9.05. The fraction of sp³-hybridized carbons (Fsp3) is 0.700. The van der Waals surface area contributed by atoms with E-state index in [2.05, 4.69) is 30.9 Å². The van der Waals surface area contributed by atoms with Crippen LogP contribution in [0, 0.1) is 0 Å². The number of ether oxygens (including phenoxy) is 1. The van der Waals surface area contributed by atoms with E-state index in [9.17, 15) is 0 Å². The lowest BCUT2D eigenvalue weighted by atomic mass is 10.3. The molecule has 0 aliphatic carbocycles. The van der Waals surface area contributed by atoms with Crippen molar-refractivity contribution in [2.75, 3.05) is 13.2 Å². The zero-order chi connectivity index (χ0) is 10.3. The van der Waals surface area contributed by atoms with Gasteiger partial charge in [0, 0.05) is 12.6 Å². The van der Waals surface area contributed by atoms with Gasteiger partial charge in [0.05, 0.1) is 18.0 Å². The summed E-state index contributed by atoms with van der Waals surface area (Å²) in [6.07, 6.45) is 0. The molecular formula is C10H20N2O. The summed E-state index contributed by atoms with van der Waals surface area (Å²) >= 11 is 0. The van der Waals surface area contributed by atoms with Gasteiger partial charge in [-0.1, -0.05) is 0 Å². The van der Waals surface area contributed by atoms with Gasteiger partial charge in [0.2, 0.25) is 0 Å². The highest BCUT2D eigenvalue weighted by molar-refractivity contribution is 5.30. The molecule has 0 aromatic heterocycles. The Morgan fingerprint density at radius 3 is 2.54 bits per heavy atom. The molecule has 13 heavy (non-hydrogen) atoms. The van der Waals surface area contributed by atoms with Crippen LogP contribution in [0.15, 0.2) is 16.4 Å². The van der Waals surface area contributed by atoms with E-state index in [0.29, 0.717) is 19.3 Å². The van der Waals surface area contributed by atoms with Gasteiger partial charge in [-0.3, -0.25) is 4.99 Å². The van der Waals surface area contributed by atoms with E-state index in [1.165, 1.54) is 0 Å². The summed E-state index contributed by atoms with van der Waals surface area (Å²) in [7, 11) is 0. The smallest absolute Gasteiger partial charge is 0.0880 e. The average Bonchev–Trinajstić information content (AvgIpc) is 2.10. The summed E-state index contributed by atoms with van der Waals surface area (Å²) < 4.78 is 5.31. The van der Waals surface area contributed by atoms with Gasteiger partial charge in [0.15, 0.2) is 0 Å². The van der Waals surface area contributed by atoms with Crippen LogP contribution in [0.3, 0.4) is 0 Å². The predicted octanol–water partition coefficient (Wildman–Crippen LogP) is 1.95. The molecule has 0 saturated heterocycles. The number of nitrogens with one attached hydrogen (secondary N) is 1. The Morgan fingerprint density at radius 2 is 2.15 bits per heavy atom. The molecule has 0 aromatic rings. The van der Waals surface area contributed by atoms with E-state index in [0.717, 1.165) is 11.4 Å². The molecule has 0 radical (unpaired) electrons. The summed E-state index contributed by atoms with van der Waals surface area (Å²) in [5, 5.41) is 3.29. The van der Waals surface area contributed by atoms with E-state index in [4.69, 9.17) is 4.74 Å². The molecule has 76 valence electrons. The van der Waals surface area contributed by atoms with Crippen LogP contribution in [0.1, 0.15) is 27.7 Å². The van der Waals surface area contributed by atoms with Crippen molar-refractivity contribution in [3.63, 3.8) is 0 Å². The minimum absolute atomic E-state index is 0.396. The Labute approximate surface area is 80.9 Å². The molecule has 0 spiro atoms. The third-order valence-corrected chi connectivity index (χ3v) is 1.59. The van der Waals surface area contributed by atoms with Crippen molar-refractivity contribution in [2.45, 2.75) is 33.7 Å². The van der Waals surface area contributed by atoms with Crippen molar-refractivity contribution in [3.8, 4) is 0 Å². The fourth-order valence-electron chi connectivity index (χ4n) is 0.899. The van der Waals surface area contributed by atoms with E-state index in [1.807, 2.05) is 13.8 Å². The fourth-order valence-corrected chi connectivity index (χ4v) is 0.899.